The van der Waals surface area contributed by atoms with Crippen LogP contribution in [-0.4, -0.2) is 84.4 Å². The standard InChI is InChI=1S/C36H63N3O9S3/c1-7-28(4)49-25-13-10-16-31(40)46-22-19-37-34(43)38(20-23-47-32(41)17-11-14-26-50-29(5)8-2)36(45)39(35(37)44)21-24-48-33(42)18-12-15-27-51-30(6)9-3/h28-30H,7-27H2,1-6H3. The molecule has 0 saturated carbocycles. The van der Waals surface area contributed by atoms with Crippen LogP contribution in [0, 0.1) is 0 Å². The molecule has 0 bridgehead atoms. The van der Waals surface area contributed by atoms with Crippen molar-refractivity contribution in [2.45, 2.75) is 154 Å². The van der Waals surface area contributed by atoms with Crippen LogP contribution >= 0.6 is 35.3 Å². The van der Waals surface area contributed by atoms with Crippen LogP contribution in [0.2, 0.25) is 0 Å². The molecule has 3 atom stereocenters. The summed E-state index contributed by atoms with van der Waals surface area (Å²) in [5, 5.41) is 1.72. The molecule has 294 valence electrons. The maximum absolute atomic E-state index is 13.3. The Bertz CT molecular complexity index is 1140. The van der Waals surface area contributed by atoms with Gasteiger partial charge in [-0.2, -0.15) is 35.3 Å². The Morgan fingerprint density at radius 3 is 0.980 bits per heavy atom. The van der Waals surface area contributed by atoms with Crippen LogP contribution < -0.4 is 17.1 Å². The van der Waals surface area contributed by atoms with E-state index in [1.807, 2.05) is 35.3 Å². The van der Waals surface area contributed by atoms with Crippen molar-refractivity contribution in [1.82, 2.24) is 13.7 Å². The summed E-state index contributed by atoms with van der Waals surface area (Å²) in [5.74, 6) is 1.58. The Kier molecular flexibility index (Phi) is 26.1. The Labute approximate surface area is 316 Å². The second kappa shape index (κ2) is 28.4. The van der Waals surface area contributed by atoms with E-state index in [2.05, 4.69) is 41.5 Å². The number of hydrogen-bond donors (Lipinski definition) is 0. The average Bonchev–Trinajstić information content (AvgIpc) is 3.11. The summed E-state index contributed by atoms with van der Waals surface area (Å²) in [6, 6.07) is 0. The molecular weight excluding hydrogens is 715 g/mol. The highest BCUT2D eigenvalue weighted by atomic mass is 32.2. The zero-order valence-electron chi connectivity index (χ0n) is 31.8. The lowest BCUT2D eigenvalue weighted by atomic mass is 10.2. The van der Waals surface area contributed by atoms with Crippen molar-refractivity contribution < 1.29 is 28.6 Å². The molecule has 12 nitrogen and oxygen atoms in total. The van der Waals surface area contributed by atoms with Gasteiger partial charge in [-0.25, -0.2) is 28.1 Å². The number of esters is 3. The lowest BCUT2D eigenvalue weighted by Gasteiger charge is -2.14. The van der Waals surface area contributed by atoms with Gasteiger partial charge in [0.15, 0.2) is 0 Å². The number of hydrogen-bond acceptors (Lipinski definition) is 12. The minimum atomic E-state index is -0.898. The topological polar surface area (TPSA) is 145 Å². The molecule has 0 amide bonds. The maximum Gasteiger partial charge on any atom is 0.336 e. The molecule has 0 aliphatic carbocycles. The summed E-state index contributed by atoms with van der Waals surface area (Å²) in [6.45, 7) is 11.4. The molecule has 0 saturated heterocycles. The van der Waals surface area contributed by atoms with Gasteiger partial charge in [-0.15, -0.1) is 0 Å². The minimum Gasteiger partial charge on any atom is -0.464 e. The minimum absolute atomic E-state index is 0.226. The van der Waals surface area contributed by atoms with Gasteiger partial charge < -0.3 is 14.2 Å². The first kappa shape index (κ1) is 46.9. The molecule has 0 radical (unpaired) electrons. The summed E-state index contributed by atoms with van der Waals surface area (Å²) in [6.07, 6.45) is 8.60. The molecule has 0 fully saturated rings. The SMILES string of the molecule is CCC(C)SCCCCC(=O)OCCn1c(=O)n(CCOC(=O)CCCCSC(C)CC)c(=O)n(CCOC(=O)CCCCSC(C)CC)c1=O. The van der Waals surface area contributed by atoms with Gasteiger partial charge in [-0.3, -0.25) is 14.4 Å². The van der Waals surface area contributed by atoms with Gasteiger partial charge in [0, 0.05) is 35.0 Å². The van der Waals surface area contributed by atoms with E-state index in [-0.39, 0.29) is 58.7 Å². The first-order chi connectivity index (χ1) is 24.4. The van der Waals surface area contributed by atoms with Crippen molar-refractivity contribution in [3.8, 4) is 0 Å². The van der Waals surface area contributed by atoms with Crippen LogP contribution in [0.1, 0.15) is 119 Å². The quantitative estimate of drug-likeness (QED) is 0.0521. The second-order valence-electron chi connectivity index (χ2n) is 12.6. The smallest absolute Gasteiger partial charge is 0.336 e. The highest BCUT2D eigenvalue weighted by Gasteiger charge is 2.17. The Balaban J connectivity index is 2.85. The first-order valence-corrected chi connectivity index (χ1v) is 21.9. The molecular formula is C36H63N3O9S3. The number of carbonyl (C=O) groups is 3. The number of nitrogens with zero attached hydrogens (tertiary/aromatic N) is 3. The van der Waals surface area contributed by atoms with Gasteiger partial charge in [0.25, 0.3) is 0 Å². The van der Waals surface area contributed by atoms with Gasteiger partial charge in [0.2, 0.25) is 0 Å². The lowest BCUT2D eigenvalue weighted by molar-refractivity contribution is -0.144. The molecule has 15 heteroatoms. The van der Waals surface area contributed by atoms with Crippen LogP contribution in [0.4, 0.5) is 0 Å². The number of rotatable bonds is 30. The van der Waals surface area contributed by atoms with Crippen molar-refractivity contribution in [3.05, 3.63) is 31.5 Å². The molecule has 0 aliphatic rings. The molecule has 0 aliphatic heterocycles. The number of unbranched alkanes of at least 4 members (excludes halogenated alkanes) is 3. The monoisotopic (exact) mass is 777 g/mol. The zero-order valence-corrected chi connectivity index (χ0v) is 34.3. The zero-order chi connectivity index (χ0) is 38.0. The maximum atomic E-state index is 13.3. The largest absolute Gasteiger partial charge is 0.464 e. The summed E-state index contributed by atoms with van der Waals surface area (Å²) >= 11 is 5.60. The van der Waals surface area contributed by atoms with Crippen molar-refractivity contribution in [3.63, 3.8) is 0 Å². The molecule has 1 heterocycles. The van der Waals surface area contributed by atoms with E-state index in [1.165, 1.54) is 0 Å². The van der Waals surface area contributed by atoms with Crippen LogP contribution in [0.3, 0.4) is 0 Å². The number of aromatic nitrogens is 3. The molecule has 1 aromatic heterocycles. The van der Waals surface area contributed by atoms with Gasteiger partial charge in [-0.1, -0.05) is 41.5 Å². The first-order valence-electron chi connectivity index (χ1n) is 18.7. The van der Waals surface area contributed by atoms with Crippen molar-refractivity contribution in [2.24, 2.45) is 0 Å². The molecule has 1 aromatic rings. The van der Waals surface area contributed by atoms with Gasteiger partial charge in [-0.05, 0) is 75.0 Å². The Hall–Kier alpha value is -2.13. The average molecular weight is 778 g/mol. The number of ether oxygens (including phenoxy) is 3. The molecule has 0 N–H and O–H groups in total. The van der Waals surface area contributed by atoms with E-state index in [9.17, 15) is 28.8 Å². The predicted octanol–water partition coefficient (Wildman–Crippen LogP) is 5.91. The van der Waals surface area contributed by atoms with E-state index in [0.717, 1.165) is 69.5 Å². The third-order valence-electron chi connectivity index (χ3n) is 8.38. The highest BCUT2D eigenvalue weighted by Crippen LogP contribution is 2.17. The Morgan fingerprint density at radius 2 is 0.745 bits per heavy atom. The second-order valence-corrected chi connectivity index (χ2v) is 17.2. The number of carbonyl (C=O) groups excluding carboxylic acids is 3. The van der Waals surface area contributed by atoms with Crippen LogP contribution in [0.5, 0.6) is 0 Å². The lowest BCUT2D eigenvalue weighted by Crippen LogP contribution is -2.55. The van der Waals surface area contributed by atoms with Crippen molar-refractivity contribution >= 4 is 53.2 Å². The highest BCUT2D eigenvalue weighted by molar-refractivity contribution is 8.00. The van der Waals surface area contributed by atoms with Gasteiger partial charge in [0.1, 0.15) is 19.8 Å². The molecule has 51 heavy (non-hydrogen) atoms. The van der Waals surface area contributed by atoms with Crippen LogP contribution in [-0.2, 0) is 48.2 Å². The van der Waals surface area contributed by atoms with E-state index in [4.69, 9.17) is 14.2 Å². The molecule has 3 unspecified atom stereocenters. The fourth-order valence-electron chi connectivity index (χ4n) is 4.55. The third-order valence-corrected chi connectivity index (χ3v) is 12.7. The summed E-state index contributed by atoms with van der Waals surface area (Å²) in [5.41, 5.74) is -2.70. The van der Waals surface area contributed by atoms with E-state index < -0.39 is 35.0 Å². The summed E-state index contributed by atoms with van der Waals surface area (Å²) in [4.78, 5) is 76.9. The molecule has 0 aromatic carbocycles. The van der Waals surface area contributed by atoms with Crippen molar-refractivity contribution in [1.29, 1.82) is 0 Å². The Morgan fingerprint density at radius 1 is 0.490 bits per heavy atom. The summed E-state index contributed by atoms with van der Waals surface area (Å²) < 4.78 is 18.4. The fourth-order valence-corrected chi connectivity index (χ4v) is 7.57. The van der Waals surface area contributed by atoms with Crippen LogP contribution in [0.25, 0.3) is 0 Å². The summed E-state index contributed by atoms with van der Waals surface area (Å²) in [7, 11) is 0. The van der Waals surface area contributed by atoms with Gasteiger partial charge in [0.05, 0.1) is 19.6 Å². The van der Waals surface area contributed by atoms with E-state index >= 15 is 0 Å². The number of thioether (sulfide) groups is 3. The fraction of sp³-hybridized carbons (Fsp3) is 0.833. The normalized spacial score (nSPS) is 13.1. The third kappa shape index (κ3) is 20.6. The van der Waals surface area contributed by atoms with Crippen molar-refractivity contribution in [2.75, 3.05) is 37.1 Å². The predicted molar refractivity (Wildman–Crippen MR) is 210 cm³/mol. The molecule has 0 spiro atoms. The van der Waals surface area contributed by atoms with E-state index in [1.54, 1.807) is 0 Å². The van der Waals surface area contributed by atoms with Crippen LogP contribution in [0.15, 0.2) is 14.4 Å². The van der Waals surface area contributed by atoms with Gasteiger partial charge >= 0.3 is 35.0 Å². The molecule has 1 rings (SSSR count). The van der Waals surface area contributed by atoms with E-state index in [0.29, 0.717) is 35.0 Å².